The summed E-state index contributed by atoms with van der Waals surface area (Å²) in [6, 6.07) is 24.9. The number of anilines is 1. The molecule has 0 fully saturated rings. The first-order valence-corrected chi connectivity index (χ1v) is 16.0. The summed E-state index contributed by atoms with van der Waals surface area (Å²) in [5, 5.41) is 2.64. The third-order valence-electron chi connectivity index (χ3n) is 7.10. The lowest BCUT2D eigenvalue weighted by Gasteiger charge is -2.33. The minimum absolute atomic E-state index is 0.0557. The van der Waals surface area contributed by atoms with Gasteiger partial charge < -0.3 is 15.0 Å². The summed E-state index contributed by atoms with van der Waals surface area (Å²) in [5.74, 6) is -1.04. The Morgan fingerprint density at radius 1 is 0.932 bits per heavy atom. The van der Waals surface area contributed by atoms with Gasteiger partial charge in [-0.1, -0.05) is 60.2 Å². The van der Waals surface area contributed by atoms with Crippen molar-refractivity contribution in [2.75, 3.05) is 25.0 Å². The van der Waals surface area contributed by atoms with E-state index in [-0.39, 0.29) is 23.5 Å². The third kappa shape index (κ3) is 7.83. The molecule has 4 aromatic carbocycles. The molecule has 0 heterocycles. The summed E-state index contributed by atoms with van der Waals surface area (Å²) in [4.78, 5) is 28.9. The highest BCUT2D eigenvalue weighted by Gasteiger charge is 2.34. The van der Waals surface area contributed by atoms with E-state index in [0.29, 0.717) is 15.8 Å². The Hall–Kier alpha value is -4.22. The average Bonchev–Trinajstić information content (AvgIpc) is 3.02. The highest BCUT2D eigenvalue weighted by Crippen LogP contribution is 2.31. The number of benzene rings is 4. The predicted molar refractivity (Wildman–Crippen MR) is 171 cm³/mol. The molecular formula is C33H33BrFN3O5S. The van der Waals surface area contributed by atoms with E-state index < -0.39 is 40.2 Å². The molecule has 2 amide bonds. The molecule has 0 bridgehead atoms. The molecular weight excluding hydrogens is 649 g/mol. The second-order valence-corrected chi connectivity index (χ2v) is 12.8. The SMILES string of the molecule is CNC(=O)[C@H](Cc1ccccc1)N(Cc1ccc(F)cc1)C(=O)CN(c1ccc(C)cc1)S(=O)(=O)c1ccc(OC)c(Br)c1. The zero-order valence-corrected chi connectivity index (χ0v) is 26.9. The van der Waals surface area contributed by atoms with Gasteiger partial charge in [-0.25, -0.2) is 12.8 Å². The van der Waals surface area contributed by atoms with E-state index in [9.17, 15) is 22.4 Å². The molecule has 0 aromatic heterocycles. The van der Waals surface area contributed by atoms with E-state index in [1.807, 2.05) is 37.3 Å². The van der Waals surface area contributed by atoms with Gasteiger partial charge in [0.2, 0.25) is 11.8 Å². The maximum Gasteiger partial charge on any atom is 0.264 e. The summed E-state index contributed by atoms with van der Waals surface area (Å²) in [6.07, 6.45) is 0.177. The zero-order valence-electron chi connectivity index (χ0n) is 24.5. The van der Waals surface area contributed by atoms with Crippen LogP contribution in [0.3, 0.4) is 0 Å². The van der Waals surface area contributed by atoms with Gasteiger partial charge in [0.25, 0.3) is 10.0 Å². The highest BCUT2D eigenvalue weighted by molar-refractivity contribution is 9.10. The van der Waals surface area contributed by atoms with Crippen molar-refractivity contribution in [3.63, 3.8) is 0 Å². The number of hydrogen-bond acceptors (Lipinski definition) is 5. The van der Waals surface area contributed by atoms with Gasteiger partial charge in [-0.2, -0.15) is 0 Å². The van der Waals surface area contributed by atoms with Crippen molar-refractivity contribution in [2.45, 2.75) is 30.8 Å². The molecule has 0 aliphatic rings. The van der Waals surface area contributed by atoms with E-state index >= 15 is 0 Å². The molecule has 0 aliphatic carbocycles. The fourth-order valence-corrected chi connectivity index (χ4v) is 6.81. The molecule has 0 spiro atoms. The van der Waals surface area contributed by atoms with Gasteiger partial charge in [0.15, 0.2) is 0 Å². The van der Waals surface area contributed by atoms with E-state index in [0.717, 1.165) is 15.4 Å². The number of methoxy groups -OCH3 is 1. The molecule has 4 rings (SSSR count). The molecule has 1 N–H and O–H groups in total. The molecule has 11 heteroatoms. The smallest absolute Gasteiger partial charge is 0.264 e. The van der Waals surface area contributed by atoms with Crippen molar-refractivity contribution in [1.29, 1.82) is 0 Å². The number of carbonyl (C=O) groups excluding carboxylic acids is 2. The molecule has 230 valence electrons. The Labute approximate surface area is 265 Å². The van der Waals surface area contributed by atoms with Crippen LogP contribution in [0.5, 0.6) is 5.75 Å². The fraction of sp³-hybridized carbons (Fsp3) is 0.212. The molecule has 1 atom stereocenters. The van der Waals surface area contributed by atoms with Gasteiger partial charge in [-0.3, -0.25) is 13.9 Å². The monoisotopic (exact) mass is 681 g/mol. The minimum atomic E-state index is -4.28. The van der Waals surface area contributed by atoms with Crippen molar-refractivity contribution in [2.24, 2.45) is 0 Å². The lowest BCUT2D eigenvalue weighted by molar-refractivity contribution is -0.139. The number of amides is 2. The molecule has 0 radical (unpaired) electrons. The van der Waals surface area contributed by atoms with Crippen LogP contribution in [0.4, 0.5) is 10.1 Å². The Bertz CT molecular complexity index is 1700. The number of ether oxygens (including phenoxy) is 1. The Morgan fingerprint density at radius 2 is 1.59 bits per heavy atom. The summed E-state index contributed by atoms with van der Waals surface area (Å²) >= 11 is 3.35. The maximum atomic E-state index is 14.3. The first-order chi connectivity index (χ1) is 21.0. The Morgan fingerprint density at radius 3 is 2.18 bits per heavy atom. The van der Waals surface area contributed by atoms with Crippen molar-refractivity contribution < 1.29 is 27.1 Å². The third-order valence-corrected chi connectivity index (χ3v) is 9.49. The molecule has 0 saturated carbocycles. The minimum Gasteiger partial charge on any atom is -0.496 e. The standard InChI is InChI=1S/C33H33BrFN3O5S/c1-23-9-15-27(16-10-23)38(44(41,42)28-17-18-31(43-3)29(34)20-28)22-32(39)37(21-25-11-13-26(35)14-12-25)30(33(40)36-2)19-24-7-5-4-6-8-24/h4-18,20,30H,19,21-22H2,1-3H3,(H,36,40)/t30-/m0/s1. The number of halogens is 2. The van der Waals surface area contributed by atoms with Crippen LogP contribution in [0, 0.1) is 12.7 Å². The Kier molecular flexibility index (Phi) is 10.8. The quantitative estimate of drug-likeness (QED) is 0.214. The first kappa shape index (κ1) is 32.7. The van der Waals surface area contributed by atoms with Gasteiger partial charge >= 0.3 is 0 Å². The largest absolute Gasteiger partial charge is 0.496 e. The maximum absolute atomic E-state index is 14.3. The molecule has 4 aromatic rings. The van der Waals surface area contributed by atoms with E-state index in [4.69, 9.17) is 4.74 Å². The molecule has 0 saturated heterocycles. The number of hydrogen-bond donors (Lipinski definition) is 1. The summed E-state index contributed by atoms with van der Waals surface area (Å²) in [7, 11) is -1.33. The topological polar surface area (TPSA) is 96.0 Å². The van der Waals surface area contributed by atoms with Crippen molar-refractivity contribution in [3.8, 4) is 5.75 Å². The first-order valence-electron chi connectivity index (χ1n) is 13.8. The van der Waals surface area contributed by atoms with Gasteiger partial charge in [0.1, 0.15) is 24.2 Å². The number of carbonyl (C=O) groups is 2. The van der Waals surface area contributed by atoms with Crippen LogP contribution in [0.15, 0.2) is 106 Å². The van der Waals surface area contributed by atoms with Crippen molar-refractivity contribution in [3.05, 3.63) is 124 Å². The van der Waals surface area contributed by atoms with Gasteiger partial charge in [0.05, 0.1) is 22.2 Å². The van der Waals surface area contributed by atoms with Crippen LogP contribution in [-0.4, -0.2) is 51.9 Å². The Balaban J connectivity index is 1.79. The summed E-state index contributed by atoms with van der Waals surface area (Å²) in [6.45, 7) is 1.22. The van der Waals surface area contributed by atoms with Crippen LogP contribution in [-0.2, 0) is 32.6 Å². The lowest BCUT2D eigenvalue weighted by Crippen LogP contribution is -2.53. The summed E-state index contributed by atoms with van der Waals surface area (Å²) in [5.41, 5.74) is 2.57. The van der Waals surface area contributed by atoms with Crippen molar-refractivity contribution in [1.82, 2.24) is 10.2 Å². The number of likely N-dealkylation sites (N-methyl/N-ethyl adjacent to an activating group) is 1. The number of nitrogens with zero attached hydrogens (tertiary/aromatic N) is 2. The molecule has 8 nitrogen and oxygen atoms in total. The number of rotatable bonds is 12. The summed E-state index contributed by atoms with van der Waals surface area (Å²) < 4.78 is 48.8. The fourth-order valence-electron chi connectivity index (χ4n) is 4.68. The molecule has 0 unspecified atom stereocenters. The van der Waals surface area contributed by atoms with Crippen LogP contribution in [0.1, 0.15) is 16.7 Å². The number of sulfonamides is 1. The number of nitrogens with one attached hydrogen (secondary N) is 1. The van der Waals surface area contributed by atoms with Gasteiger partial charge in [0, 0.05) is 20.0 Å². The van der Waals surface area contributed by atoms with Crippen LogP contribution in [0.25, 0.3) is 0 Å². The van der Waals surface area contributed by atoms with E-state index in [2.05, 4.69) is 21.2 Å². The molecule has 0 aliphatic heterocycles. The average molecular weight is 683 g/mol. The predicted octanol–water partition coefficient (Wildman–Crippen LogP) is 5.49. The zero-order chi connectivity index (χ0) is 31.9. The number of aryl methyl sites for hydroxylation is 1. The van der Waals surface area contributed by atoms with Crippen LogP contribution >= 0.6 is 15.9 Å². The van der Waals surface area contributed by atoms with Crippen LogP contribution in [0.2, 0.25) is 0 Å². The van der Waals surface area contributed by atoms with E-state index in [1.165, 1.54) is 61.5 Å². The van der Waals surface area contributed by atoms with Crippen LogP contribution < -0.4 is 14.4 Å². The van der Waals surface area contributed by atoms with E-state index in [1.54, 1.807) is 24.3 Å². The normalized spacial score (nSPS) is 11.8. The van der Waals surface area contributed by atoms with Crippen molar-refractivity contribution >= 4 is 43.5 Å². The van der Waals surface area contributed by atoms with Gasteiger partial charge in [-0.05, 0) is 76.4 Å². The lowest BCUT2D eigenvalue weighted by atomic mass is 10.0. The highest BCUT2D eigenvalue weighted by atomic mass is 79.9. The van der Waals surface area contributed by atoms with Gasteiger partial charge in [-0.15, -0.1) is 0 Å². The second-order valence-electron chi connectivity index (χ2n) is 10.1. The second kappa shape index (κ2) is 14.5. The molecule has 44 heavy (non-hydrogen) atoms.